The van der Waals surface area contributed by atoms with Gasteiger partial charge >= 0.3 is 11.9 Å². The minimum absolute atomic E-state index is 0.0121. The molecule has 3 aromatic rings. The van der Waals surface area contributed by atoms with E-state index < -0.39 is 39.6 Å². The molecule has 10 heteroatoms. The van der Waals surface area contributed by atoms with Crippen LogP contribution < -0.4 is 4.31 Å². The van der Waals surface area contributed by atoms with Crippen LogP contribution in [-0.4, -0.2) is 37.9 Å². The van der Waals surface area contributed by atoms with Crippen LogP contribution in [0.1, 0.15) is 43.4 Å². The third-order valence-corrected chi connectivity index (χ3v) is 9.55. The molecule has 0 radical (unpaired) electrons. The van der Waals surface area contributed by atoms with Gasteiger partial charge in [0.1, 0.15) is 5.82 Å². The van der Waals surface area contributed by atoms with Crippen LogP contribution in [0, 0.1) is 18.2 Å². The van der Waals surface area contributed by atoms with Crippen LogP contribution in [0.2, 0.25) is 0 Å². The Hall–Kier alpha value is -2.86. The molecule has 41 heavy (non-hydrogen) atoms. The van der Waals surface area contributed by atoms with Gasteiger partial charge in [0.25, 0.3) is 10.0 Å². The molecule has 5 nitrogen and oxygen atoms in total. The number of benzene rings is 3. The minimum Gasteiger partial charge on any atom is -0.462 e. The monoisotopic (exact) mass is 697 g/mol. The normalized spacial score (nSPS) is 17.7. The summed E-state index contributed by atoms with van der Waals surface area (Å²) in [6.45, 7) is 4.27. The Morgan fingerprint density at radius 2 is 1.68 bits per heavy atom. The summed E-state index contributed by atoms with van der Waals surface area (Å²) in [6.07, 6.45) is -0.654. The van der Waals surface area contributed by atoms with Crippen molar-refractivity contribution in [3.63, 3.8) is 0 Å². The number of hydrogen-bond donors (Lipinski definition) is 0. The van der Waals surface area contributed by atoms with E-state index in [1.54, 1.807) is 55.5 Å². The van der Waals surface area contributed by atoms with Crippen molar-refractivity contribution in [2.24, 2.45) is 5.41 Å². The lowest BCUT2D eigenvalue weighted by atomic mass is 9.72. The maximum Gasteiger partial charge on any atom is 0.376 e. The molecule has 0 saturated heterocycles. The van der Waals surface area contributed by atoms with Gasteiger partial charge in [0, 0.05) is 28.4 Å². The standard InChI is InChI=1S/C31H31F3INO4S/c1-4-40-29(37)31(33,34)19-30(3)20-36(41(38,39)24-15-9-21(2)10-16-24)27-8-6-5-7-25(27)28(26(30)17-18-35)22-11-13-23(32)14-12-22/h5-16H,4,17-20H2,1-3H3. The Morgan fingerprint density at radius 3 is 2.29 bits per heavy atom. The molecule has 0 aliphatic carbocycles. The van der Waals surface area contributed by atoms with Crippen LogP contribution >= 0.6 is 22.6 Å². The number of ether oxygens (including phenoxy) is 1. The summed E-state index contributed by atoms with van der Waals surface area (Å²) in [5.74, 6) is -6.02. The average Bonchev–Trinajstić information content (AvgIpc) is 3.03. The summed E-state index contributed by atoms with van der Waals surface area (Å²) < 4.78 is 80.0. The van der Waals surface area contributed by atoms with Gasteiger partial charge in [0.15, 0.2) is 0 Å². The highest BCUT2D eigenvalue weighted by Gasteiger charge is 2.51. The Bertz CT molecular complexity index is 1560. The highest BCUT2D eigenvalue weighted by Crippen LogP contribution is 2.51. The average molecular weight is 698 g/mol. The van der Waals surface area contributed by atoms with Crippen LogP contribution in [0.4, 0.5) is 18.9 Å². The highest BCUT2D eigenvalue weighted by molar-refractivity contribution is 14.1. The van der Waals surface area contributed by atoms with Gasteiger partial charge in [-0.1, -0.05) is 83.1 Å². The Labute approximate surface area is 252 Å². The largest absolute Gasteiger partial charge is 0.462 e. The van der Waals surface area contributed by atoms with Crippen molar-refractivity contribution in [3.8, 4) is 0 Å². The lowest BCUT2D eigenvalue weighted by molar-refractivity contribution is -0.175. The van der Waals surface area contributed by atoms with Crippen LogP contribution in [0.3, 0.4) is 0 Å². The molecule has 0 saturated carbocycles. The molecule has 0 bridgehead atoms. The summed E-state index contributed by atoms with van der Waals surface area (Å²) in [4.78, 5) is 12.4. The van der Waals surface area contributed by atoms with Gasteiger partial charge in [0.05, 0.1) is 17.2 Å². The van der Waals surface area contributed by atoms with Gasteiger partial charge in [-0.15, -0.1) is 0 Å². The summed E-state index contributed by atoms with van der Waals surface area (Å²) in [6, 6.07) is 18.8. The van der Waals surface area contributed by atoms with Gasteiger partial charge in [-0.25, -0.2) is 17.6 Å². The molecule has 0 amide bonds. The number of fused-ring (bicyclic) bond motifs is 1. The maximum atomic E-state index is 15.6. The van der Waals surface area contributed by atoms with Gasteiger partial charge in [-0.3, -0.25) is 4.31 Å². The van der Waals surface area contributed by atoms with Gasteiger partial charge in [-0.05, 0) is 61.7 Å². The number of carbonyl (C=O) groups excluding carboxylic acids is 1. The minimum atomic E-state index is -4.24. The molecule has 3 aromatic carbocycles. The van der Waals surface area contributed by atoms with E-state index in [0.717, 1.165) is 9.87 Å². The number of anilines is 1. The van der Waals surface area contributed by atoms with Crippen LogP contribution in [-0.2, 0) is 19.6 Å². The molecule has 0 spiro atoms. The smallest absolute Gasteiger partial charge is 0.376 e. The predicted molar refractivity (Wildman–Crippen MR) is 162 cm³/mol. The first-order valence-corrected chi connectivity index (χ1v) is 16.1. The number of halogens is 4. The fourth-order valence-corrected chi connectivity index (χ4v) is 7.49. The summed E-state index contributed by atoms with van der Waals surface area (Å²) in [7, 11) is -4.24. The van der Waals surface area contributed by atoms with Crippen molar-refractivity contribution < 1.29 is 31.1 Å². The van der Waals surface area contributed by atoms with Crippen LogP contribution in [0.25, 0.3) is 5.57 Å². The Balaban J connectivity index is 2.05. The topological polar surface area (TPSA) is 63.7 Å². The van der Waals surface area contributed by atoms with E-state index in [4.69, 9.17) is 4.74 Å². The van der Waals surface area contributed by atoms with E-state index in [9.17, 15) is 17.6 Å². The number of alkyl halides is 3. The first kappa shape index (κ1) is 31.1. The zero-order chi connectivity index (χ0) is 30.0. The highest BCUT2D eigenvalue weighted by atomic mass is 127. The second-order valence-electron chi connectivity index (χ2n) is 10.3. The molecular formula is C31H31F3INO4S. The molecule has 4 rings (SSSR count). The van der Waals surface area contributed by atoms with Crippen LogP contribution in [0.5, 0.6) is 0 Å². The number of aryl methyl sites for hydroxylation is 1. The van der Waals surface area contributed by atoms with Gasteiger partial charge < -0.3 is 4.74 Å². The zero-order valence-electron chi connectivity index (χ0n) is 23.0. The van der Waals surface area contributed by atoms with Gasteiger partial charge in [-0.2, -0.15) is 8.78 Å². The summed E-state index contributed by atoms with van der Waals surface area (Å²) in [5, 5.41) is 0. The van der Waals surface area contributed by atoms with E-state index in [2.05, 4.69) is 22.6 Å². The third-order valence-electron chi connectivity index (χ3n) is 7.24. The van der Waals surface area contributed by atoms with Crippen molar-refractivity contribution in [1.82, 2.24) is 0 Å². The molecule has 0 N–H and O–H groups in total. The number of hydrogen-bond acceptors (Lipinski definition) is 4. The third kappa shape index (κ3) is 6.33. The van der Waals surface area contributed by atoms with E-state index in [1.807, 2.05) is 6.92 Å². The predicted octanol–water partition coefficient (Wildman–Crippen LogP) is 7.56. The van der Waals surface area contributed by atoms with Crippen LogP contribution in [0.15, 0.2) is 83.3 Å². The van der Waals surface area contributed by atoms with Crippen molar-refractivity contribution in [1.29, 1.82) is 0 Å². The molecule has 0 fully saturated rings. The van der Waals surface area contributed by atoms with Crippen molar-refractivity contribution in [3.05, 3.63) is 101 Å². The molecule has 218 valence electrons. The quantitative estimate of drug-likeness (QED) is 0.132. The fourth-order valence-electron chi connectivity index (χ4n) is 5.35. The first-order valence-electron chi connectivity index (χ1n) is 13.1. The van der Waals surface area contributed by atoms with E-state index >= 15 is 8.78 Å². The zero-order valence-corrected chi connectivity index (χ0v) is 25.9. The van der Waals surface area contributed by atoms with E-state index in [-0.39, 0.29) is 18.0 Å². The van der Waals surface area contributed by atoms with E-state index in [0.29, 0.717) is 38.8 Å². The van der Waals surface area contributed by atoms with Gasteiger partial charge in [0.2, 0.25) is 0 Å². The lowest BCUT2D eigenvalue weighted by Crippen LogP contribution is -2.45. The number of sulfonamides is 1. The SMILES string of the molecule is CCOC(=O)C(F)(F)CC1(C)CN(S(=O)(=O)c2ccc(C)cc2)c2ccccc2C(c2ccc(F)cc2)=C1CCI. The van der Waals surface area contributed by atoms with Crippen molar-refractivity contribution in [2.75, 3.05) is 21.9 Å². The molecule has 1 unspecified atom stereocenters. The number of nitrogens with zero attached hydrogens (tertiary/aromatic N) is 1. The molecular weight excluding hydrogens is 666 g/mol. The second kappa shape index (κ2) is 12.2. The second-order valence-corrected chi connectivity index (χ2v) is 13.2. The molecule has 0 aromatic heterocycles. The first-order chi connectivity index (χ1) is 19.3. The molecule has 1 aliphatic heterocycles. The molecule has 1 atom stereocenters. The number of carbonyl (C=O) groups is 1. The van der Waals surface area contributed by atoms with E-state index in [1.165, 1.54) is 31.2 Å². The Kier molecular flexibility index (Phi) is 9.22. The maximum absolute atomic E-state index is 15.6. The Morgan fingerprint density at radius 1 is 1.05 bits per heavy atom. The molecule has 1 aliphatic rings. The van der Waals surface area contributed by atoms with Crippen molar-refractivity contribution >= 4 is 49.8 Å². The fraction of sp³-hybridized carbons (Fsp3) is 0.323. The number of rotatable bonds is 9. The number of para-hydroxylation sites is 1. The van der Waals surface area contributed by atoms with Crippen molar-refractivity contribution in [2.45, 2.75) is 44.4 Å². The summed E-state index contributed by atoms with van der Waals surface area (Å²) >= 11 is 2.15. The lowest BCUT2D eigenvalue weighted by Gasteiger charge is -2.38. The summed E-state index contributed by atoms with van der Waals surface area (Å²) in [5.41, 5.74) is 1.81. The molecule has 1 heterocycles. The number of esters is 1.